The van der Waals surface area contributed by atoms with Crippen LogP contribution in [0.4, 0.5) is 4.39 Å². The first kappa shape index (κ1) is 12.8. The third-order valence-electron chi connectivity index (χ3n) is 2.57. The standard InChI is InChI=1S/C13H17FO2/c1-8(2)13(16-4)12(15)11-6-5-10(14)7-9(11)3/h5-8,13H,1-4H3. The number of ether oxygens (including phenoxy) is 1. The first-order valence-electron chi connectivity index (χ1n) is 5.30. The average molecular weight is 224 g/mol. The Morgan fingerprint density at radius 1 is 1.38 bits per heavy atom. The topological polar surface area (TPSA) is 26.3 Å². The number of halogens is 1. The molecule has 0 N–H and O–H groups in total. The molecule has 1 unspecified atom stereocenters. The predicted molar refractivity (Wildman–Crippen MR) is 61.1 cm³/mol. The Labute approximate surface area is 95.4 Å². The molecule has 3 heteroatoms. The van der Waals surface area contributed by atoms with Gasteiger partial charge in [0.1, 0.15) is 11.9 Å². The first-order chi connectivity index (χ1) is 7.47. The number of rotatable bonds is 4. The molecule has 1 aromatic carbocycles. The Morgan fingerprint density at radius 2 is 2.00 bits per heavy atom. The van der Waals surface area contributed by atoms with E-state index in [9.17, 15) is 9.18 Å². The second-order valence-corrected chi connectivity index (χ2v) is 4.22. The molecule has 1 atom stereocenters. The minimum absolute atomic E-state index is 0.0880. The zero-order chi connectivity index (χ0) is 12.3. The van der Waals surface area contributed by atoms with Crippen molar-refractivity contribution in [1.29, 1.82) is 0 Å². The van der Waals surface area contributed by atoms with Gasteiger partial charge in [-0.2, -0.15) is 0 Å². The lowest BCUT2D eigenvalue weighted by Crippen LogP contribution is -2.29. The van der Waals surface area contributed by atoms with Crippen LogP contribution in [0.5, 0.6) is 0 Å². The van der Waals surface area contributed by atoms with Gasteiger partial charge in [-0.1, -0.05) is 13.8 Å². The molecule has 0 aromatic heterocycles. The molecule has 0 aliphatic carbocycles. The molecule has 0 heterocycles. The summed E-state index contributed by atoms with van der Waals surface area (Å²) < 4.78 is 18.1. The van der Waals surface area contributed by atoms with Gasteiger partial charge in [-0.3, -0.25) is 4.79 Å². The molecule has 1 aromatic rings. The molecule has 0 fully saturated rings. The van der Waals surface area contributed by atoms with Gasteiger partial charge in [0.05, 0.1) is 0 Å². The van der Waals surface area contributed by atoms with Crippen molar-refractivity contribution in [2.24, 2.45) is 5.92 Å². The number of ketones is 1. The Kier molecular flexibility index (Phi) is 4.19. The van der Waals surface area contributed by atoms with Crippen LogP contribution in [-0.4, -0.2) is 19.0 Å². The molecule has 0 spiro atoms. The Balaban J connectivity index is 3.04. The lowest BCUT2D eigenvalue weighted by Gasteiger charge is -2.18. The molecular weight excluding hydrogens is 207 g/mol. The SMILES string of the molecule is COC(C(=O)c1ccc(F)cc1C)C(C)C. The van der Waals surface area contributed by atoms with Crippen LogP contribution in [0.25, 0.3) is 0 Å². The van der Waals surface area contributed by atoms with E-state index in [1.165, 1.54) is 25.3 Å². The van der Waals surface area contributed by atoms with Crippen LogP contribution >= 0.6 is 0 Å². The van der Waals surface area contributed by atoms with Crippen molar-refractivity contribution in [2.75, 3.05) is 7.11 Å². The lowest BCUT2D eigenvalue weighted by molar-refractivity contribution is 0.0458. The smallest absolute Gasteiger partial charge is 0.192 e. The quantitative estimate of drug-likeness (QED) is 0.735. The van der Waals surface area contributed by atoms with Gasteiger partial charge in [0.15, 0.2) is 5.78 Å². The van der Waals surface area contributed by atoms with Gasteiger partial charge in [-0.25, -0.2) is 4.39 Å². The molecule has 16 heavy (non-hydrogen) atoms. The van der Waals surface area contributed by atoms with E-state index in [0.717, 1.165) is 0 Å². The lowest BCUT2D eigenvalue weighted by atomic mass is 9.95. The van der Waals surface area contributed by atoms with E-state index in [1.54, 1.807) is 6.92 Å². The summed E-state index contributed by atoms with van der Waals surface area (Å²) in [5.41, 5.74) is 1.18. The number of methoxy groups -OCH3 is 1. The Morgan fingerprint density at radius 3 is 2.44 bits per heavy atom. The largest absolute Gasteiger partial charge is 0.373 e. The molecule has 0 bridgehead atoms. The van der Waals surface area contributed by atoms with Crippen molar-refractivity contribution in [3.05, 3.63) is 35.1 Å². The van der Waals surface area contributed by atoms with Gasteiger partial charge in [-0.15, -0.1) is 0 Å². The third-order valence-corrected chi connectivity index (χ3v) is 2.57. The maximum atomic E-state index is 12.9. The van der Waals surface area contributed by atoms with E-state index >= 15 is 0 Å². The van der Waals surface area contributed by atoms with Gasteiger partial charge in [0.2, 0.25) is 0 Å². The van der Waals surface area contributed by atoms with Gasteiger partial charge in [-0.05, 0) is 36.6 Å². The molecule has 0 radical (unpaired) electrons. The van der Waals surface area contributed by atoms with Crippen LogP contribution in [-0.2, 0) is 4.74 Å². The predicted octanol–water partition coefficient (Wildman–Crippen LogP) is 2.99. The van der Waals surface area contributed by atoms with Crippen molar-refractivity contribution in [3.8, 4) is 0 Å². The highest BCUT2D eigenvalue weighted by atomic mass is 19.1. The third kappa shape index (κ3) is 2.67. The zero-order valence-corrected chi connectivity index (χ0v) is 10.1. The summed E-state index contributed by atoms with van der Waals surface area (Å²) >= 11 is 0. The number of hydrogen-bond donors (Lipinski definition) is 0. The van der Waals surface area contributed by atoms with Crippen LogP contribution in [0, 0.1) is 18.7 Å². The summed E-state index contributed by atoms with van der Waals surface area (Å²) in [5, 5.41) is 0. The van der Waals surface area contributed by atoms with Crippen LogP contribution in [0.1, 0.15) is 29.8 Å². The van der Waals surface area contributed by atoms with Crippen LogP contribution in [0.15, 0.2) is 18.2 Å². The van der Waals surface area contributed by atoms with Crippen molar-refractivity contribution in [2.45, 2.75) is 26.9 Å². The van der Waals surface area contributed by atoms with Crippen LogP contribution < -0.4 is 0 Å². The van der Waals surface area contributed by atoms with E-state index in [0.29, 0.717) is 11.1 Å². The molecule has 0 aliphatic heterocycles. The highest BCUT2D eigenvalue weighted by Crippen LogP contribution is 2.17. The zero-order valence-electron chi connectivity index (χ0n) is 10.1. The molecule has 1 rings (SSSR count). The van der Waals surface area contributed by atoms with Gasteiger partial charge in [0, 0.05) is 12.7 Å². The van der Waals surface area contributed by atoms with Gasteiger partial charge in [0.25, 0.3) is 0 Å². The van der Waals surface area contributed by atoms with Crippen LogP contribution in [0.2, 0.25) is 0 Å². The first-order valence-corrected chi connectivity index (χ1v) is 5.30. The molecule has 0 aliphatic rings. The minimum Gasteiger partial charge on any atom is -0.373 e. The fourth-order valence-electron chi connectivity index (χ4n) is 1.74. The minimum atomic E-state index is -0.468. The molecule has 0 saturated heterocycles. The average Bonchev–Trinajstić information content (AvgIpc) is 2.17. The van der Waals surface area contributed by atoms with E-state index in [1.807, 2.05) is 13.8 Å². The maximum absolute atomic E-state index is 12.9. The second-order valence-electron chi connectivity index (χ2n) is 4.22. The monoisotopic (exact) mass is 224 g/mol. The number of Topliss-reactive ketones (excluding diaryl/α,β-unsaturated/α-hetero) is 1. The van der Waals surface area contributed by atoms with Crippen LogP contribution in [0.3, 0.4) is 0 Å². The van der Waals surface area contributed by atoms with E-state index in [-0.39, 0.29) is 17.5 Å². The van der Waals surface area contributed by atoms with Crippen molar-refractivity contribution in [1.82, 2.24) is 0 Å². The summed E-state index contributed by atoms with van der Waals surface area (Å²) in [5.74, 6) is -0.315. The summed E-state index contributed by atoms with van der Waals surface area (Å²) in [7, 11) is 1.52. The molecule has 0 amide bonds. The van der Waals surface area contributed by atoms with E-state index < -0.39 is 6.10 Å². The summed E-state index contributed by atoms with van der Waals surface area (Å²) in [4.78, 5) is 12.1. The number of benzene rings is 1. The summed E-state index contributed by atoms with van der Waals surface area (Å²) in [6, 6.07) is 4.18. The number of aryl methyl sites for hydroxylation is 1. The Hall–Kier alpha value is -1.22. The van der Waals surface area contributed by atoms with Crippen molar-refractivity contribution in [3.63, 3.8) is 0 Å². The highest BCUT2D eigenvalue weighted by Gasteiger charge is 2.24. The number of carbonyl (C=O) groups is 1. The van der Waals surface area contributed by atoms with Gasteiger partial charge >= 0.3 is 0 Å². The van der Waals surface area contributed by atoms with Crippen molar-refractivity contribution >= 4 is 5.78 Å². The van der Waals surface area contributed by atoms with Gasteiger partial charge < -0.3 is 4.74 Å². The summed E-state index contributed by atoms with van der Waals surface area (Å²) in [6.07, 6.45) is -0.468. The van der Waals surface area contributed by atoms with E-state index in [2.05, 4.69) is 0 Å². The molecular formula is C13H17FO2. The summed E-state index contributed by atoms with van der Waals surface area (Å²) in [6.45, 7) is 5.57. The second kappa shape index (κ2) is 5.21. The Bertz CT molecular complexity index is 386. The fourth-order valence-corrected chi connectivity index (χ4v) is 1.74. The number of carbonyl (C=O) groups excluding carboxylic acids is 1. The number of hydrogen-bond acceptors (Lipinski definition) is 2. The molecule has 88 valence electrons. The maximum Gasteiger partial charge on any atom is 0.192 e. The molecule has 2 nitrogen and oxygen atoms in total. The highest BCUT2D eigenvalue weighted by molar-refractivity contribution is 6.00. The fraction of sp³-hybridized carbons (Fsp3) is 0.462. The van der Waals surface area contributed by atoms with Crippen molar-refractivity contribution < 1.29 is 13.9 Å². The van der Waals surface area contributed by atoms with E-state index in [4.69, 9.17) is 4.74 Å². The molecule has 0 saturated carbocycles. The normalized spacial score (nSPS) is 12.9.